The summed E-state index contributed by atoms with van der Waals surface area (Å²) in [7, 11) is 0. The normalized spacial score (nSPS) is 14.8. The van der Waals surface area contributed by atoms with Crippen LogP contribution in [0.4, 0.5) is 10.2 Å². The molecule has 0 unspecified atom stereocenters. The zero-order valence-corrected chi connectivity index (χ0v) is 19.3. The summed E-state index contributed by atoms with van der Waals surface area (Å²) in [5.41, 5.74) is 3.09. The molecule has 0 radical (unpaired) electrons. The minimum atomic E-state index is -0.377. The van der Waals surface area contributed by atoms with Crippen molar-refractivity contribution in [3.05, 3.63) is 71.2 Å². The van der Waals surface area contributed by atoms with E-state index in [1.165, 1.54) is 18.3 Å². The van der Waals surface area contributed by atoms with Crippen molar-refractivity contribution in [2.45, 2.75) is 12.8 Å². The summed E-state index contributed by atoms with van der Waals surface area (Å²) in [5, 5.41) is 17.9. The van der Waals surface area contributed by atoms with Crippen LogP contribution in [0, 0.1) is 5.82 Å². The van der Waals surface area contributed by atoms with Gasteiger partial charge in [-0.3, -0.25) is 10.00 Å². The van der Waals surface area contributed by atoms with E-state index >= 15 is 0 Å². The first-order valence-corrected chi connectivity index (χ1v) is 11.7. The lowest BCUT2D eigenvalue weighted by molar-refractivity contribution is 0.0358. The third kappa shape index (κ3) is 5.87. The highest BCUT2D eigenvalue weighted by molar-refractivity contribution is 6.02. The Bertz CT molecular complexity index is 1290. The number of ether oxygens (including phenoxy) is 2. The number of hydrogen-bond acceptors (Lipinski definition) is 6. The molecule has 0 aliphatic carbocycles. The molecule has 3 N–H and O–H groups in total. The monoisotopic (exact) mass is 477 g/mol. The van der Waals surface area contributed by atoms with Gasteiger partial charge in [0.25, 0.3) is 0 Å². The molecule has 0 amide bonds. The van der Waals surface area contributed by atoms with E-state index in [0.717, 1.165) is 56.3 Å². The number of morpholine rings is 1. The first kappa shape index (κ1) is 23.1. The number of nitrogens with one attached hydrogen (secondary N) is 2. The van der Waals surface area contributed by atoms with Gasteiger partial charge < -0.3 is 19.6 Å². The van der Waals surface area contributed by atoms with E-state index < -0.39 is 0 Å². The molecule has 0 atom stereocenters. The van der Waals surface area contributed by atoms with E-state index in [9.17, 15) is 9.50 Å². The third-order valence-corrected chi connectivity index (χ3v) is 6.03. The lowest BCUT2D eigenvalue weighted by atomic mass is 10.1. The van der Waals surface area contributed by atoms with Gasteiger partial charge in [0.15, 0.2) is 11.7 Å². The van der Waals surface area contributed by atoms with Crippen molar-refractivity contribution in [2.24, 2.45) is 4.99 Å². The molecule has 0 spiro atoms. The number of halogens is 1. The third-order valence-electron chi connectivity index (χ3n) is 6.03. The first-order valence-electron chi connectivity index (χ1n) is 11.7. The predicted octanol–water partition coefficient (Wildman–Crippen LogP) is 4.18. The van der Waals surface area contributed by atoms with Crippen LogP contribution in [0.1, 0.15) is 23.2 Å². The Balaban J connectivity index is 1.13. The lowest BCUT2D eigenvalue weighted by Crippen LogP contribution is -2.37. The Hall–Kier alpha value is -3.69. The highest BCUT2D eigenvalue weighted by atomic mass is 19.1. The van der Waals surface area contributed by atoms with Crippen molar-refractivity contribution >= 4 is 22.9 Å². The zero-order chi connectivity index (χ0) is 24.0. The number of H-pyrrole nitrogens is 2. The molecule has 2 aromatic heterocycles. The van der Waals surface area contributed by atoms with E-state index in [-0.39, 0.29) is 11.7 Å². The number of nitrogens with zero attached hydrogens (tertiary/aromatic N) is 3. The van der Waals surface area contributed by atoms with Gasteiger partial charge in [0, 0.05) is 54.9 Å². The number of benzene rings is 2. The van der Waals surface area contributed by atoms with Crippen LogP contribution >= 0.6 is 0 Å². The first-order chi connectivity index (χ1) is 17.1. The number of aromatic nitrogens is 3. The molecule has 1 aliphatic heterocycles. The maximum atomic E-state index is 13.6. The van der Waals surface area contributed by atoms with Gasteiger partial charge in [-0.05, 0) is 42.3 Å². The number of aromatic amines is 2. The van der Waals surface area contributed by atoms with Gasteiger partial charge in [-0.15, -0.1) is 0 Å². The summed E-state index contributed by atoms with van der Waals surface area (Å²) >= 11 is 0. The van der Waals surface area contributed by atoms with Gasteiger partial charge in [0.05, 0.1) is 25.4 Å². The minimum absolute atomic E-state index is 0.0616. The summed E-state index contributed by atoms with van der Waals surface area (Å²) in [5.74, 6) is 0.900. The number of hydrogen-bond donors (Lipinski definition) is 3. The summed E-state index contributed by atoms with van der Waals surface area (Å²) in [6.07, 6.45) is 3.15. The molecule has 182 valence electrons. The van der Waals surface area contributed by atoms with Gasteiger partial charge in [-0.1, -0.05) is 12.1 Å². The van der Waals surface area contributed by atoms with Crippen molar-refractivity contribution in [2.75, 3.05) is 39.5 Å². The molecule has 3 heterocycles. The van der Waals surface area contributed by atoms with Gasteiger partial charge in [0.1, 0.15) is 11.6 Å². The molecule has 2 aromatic carbocycles. The van der Waals surface area contributed by atoms with E-state index in [0.29, 0.717) is 35.3 Å². The number of rotatable bonds is 9. The van der Waals surface area contributed by atoms with Crippen LogP contribution in [0.2, 0.25) is 0 Å². The summed E-state index contributed by atoms with van der Waals surface area (Å²) < 4.78 is 24.9. The van der Waals surface area contributed by atoms with Crippen molar-refractivity contribution in [1.29, 1.82) is 0 Å². The molecule has 9 heteroatoms. The largest absolute Gasteiger partial charge is 0.494 e. The minimum Gasteiger partial charge on any atom is -0.494 e. The molecule has 5 rings (SSSR count). The highest BCUT2D eigenvalue weighted by Gasteiger charge is 2.11. The molecule has 0 saturated carbocycles. The van der Waals surface area contributed by atoms with Crippen LogP contribution in [0.15, 0.2) is 53.5 Å². The Morgan fingerprint density at radius 3 is 2.80 bits per heavy atom. The number of aliphatic imine (C=N–C) groups is 1. The van der Waals surface area contributed by atoms with Crippen molar-refractivity contribution < 1.29 is 19.0 Å². The standard InChI is InChI=1S/C26H28FN5O3/c27-19-4-7-24-22(15-19)23(26(33)29-24)17-28-25-16-20(30-31-25)14-18-2-5-21(6-3-18)35-11-1-8-32-9-12-34-13-10-32/h2-7,15-17,29,33H,1,8-14H2,(H,30,31). The zero-order valence-electron chi connectivity index (χ0n) is 19.3. The second kappa shape index (κ2) is 10.7. The molecule has 1 fully saturated rings. The molecular formula is C26H28FN5O3. The Morgan fingerprint density at radius 2 is 1.97 bits per heavy atom. The maximum Gasteiger partial charge on any atom is 0.198 e. The van der Waals surface area contributed by atoms with Crippen LogP contribution in [0.5, 0.6) is 11.6 Å². The molecule has 1 saturated heterocycles. The number of aromatic hydroxyl groups is 1. The van der Waals surface area contributed by atoms with Crippen LogP contribution < -0.4 is 4.74 Å². The summed E-state index contributed by atoms with van der Waals surface area (Å²) in [6, 6.07) is 14.2. The smallest absolute Gasteiger partial charge is 0.198 e. The maximum absolute atomic E-state index is 13.6. The fraction of sp³-hybridized carbons (Fsp3) is 0.308. The van der Waals surface area contributed by atoms with Gasteiger partial charge in [0.2, 0.25) is 0 Å². The van der Waals surface area contributed by atoms with Crippen LogP contribution in [-0.2, 0) is 11.2 Å². The van der Waals surface area contributed by atoms with Crippen molar-refractivity contribution in [3.63, 3.8) is 0 Å². The van der Waals surface area contributed by atoms with Crippen LogP contribution in [-0.4, -0.2) is 70.9 Å². The van der Waals surface area contributed by atoms with Crippen molar-refractivity contribution in [1.82, 2.24) is 20.1 Å². The molecule has 4 aromatic rings. The Labute approximate surface area is 202 Å². The average Bonchev–Trinajstić information content (AvgIpc) is 3.45. The van der Waals surface area contributed by atoms with E-state index in [1.54, 1.807) is 6.07 Å². The fourth-order valence-electron chi connectivity index (χ4n) is 4.16. The van der Waals surface area contributed by atoms with Gasteiger partial charge in [-0.2, -0.15) is 5.10 Å². The second-order valence-electron chi connectivity index (χ2n) is 8.56. The van der Waals surface area contributed by atoms with Gasteiger partial charge >= 0.3 is 0 Å². The van der Waals surface area contributed by atoms with E-state index in [1.807, 2.05) is 30.3 Å². The Kier molecular flexibility index (Phi) is 7.06. The lowest BCUT2D eigenvalue weighted by Gasteiger charge is -2.26. The fourth-order valence-corrected chi connectivity index (χ4v) is 4.16. The Morgan fingerprint density at radius 1 is 1.14 bits per heavy atom. The molecule has 0 bridgehead atoms. The van der Waals surface area contributed by atoms with E-state index in [4.69, 9.17) is 9.47 Å². The highest BCUT2D eigenvalue weighted by Crippen LogP contribution is 2.27. The van der Waals surface area contributed by atoms with Crippen LogP contribution in [0.25, 0.3) is 10.9 Å². The van der Waals surface area contributed by atoms with E-state index in [2.05, 4.69) is 25.1 Å². The quantitative estimate of drug-likeness (QED) is 0.248. The van der Waals surface area contributed by atoms with Gasteiger partial charge in [-0.25, -0.2) is 9.38 Å². The molecule has 1 aliphatic rings. The second-order valence-corrected chi connectivity index (χ2v) is 8.56. The predicted molar refractivity (Wildman–Crippen MR) is 132 cm³/mol. The number of fused-ring (bicyclic) bond motifs is 1. The van der Waals surface area contributed by atoms with Crippen molar-refractivity contribution in [3.8, 4) is 11.6 Å². The van der Waals surface area contributed by atoms with Crippen LogP contribution in [0.3, 0.4) is 0 Å². The topological polar surface area (TPSA) is 98.8 Å². The summed E-state index contributed by atoms with van der Waals surface area (Å²) in [4.78, 5) is 9.56. The SMILES string of the molecule is Oc1[nH]c2ccc(F)cc2c1C=Nc1cc(Cc2ccc(OCCCN3CCOCC3)cc2)[nH]n1. The molecular weight excluding hydrogens is 449 g/mol. The molecule has 8 nitrogen and oxygen atoms in total. The molecule has 35 heavy (non-hydrogen) atoms. The average molecular weight is 478 g/mol. The summed E-state index contributed by atoms with van der Waals surface area (Å²) in [6.45, 7) is 5.37.